The van der Waals surface area contributed by atoms with Gasteiger partial charge in [0, 0.05) is 37.7 Å². The number of aromatic nitrogens is 2. The molecule has 0 aliphatic carbocycles. The van der Waals surface area contributed by atoms with Crippen LogP contribution < -0.4 is 10.1 Å². The predicted octanol–water partition coefficient (Wildman–Crippen LogP) is 4.40. The molecule has 4 heterocycles. The Balaban J connectivity index is 1.35. The normalized spacial score (nSPS) is 18.0. The number of nitriles is 1. The second kappa shape index (κ2) is 11.4. The van der Waals surface area contributed by atoms with E-state index in [1.165, 1.54) is 5.56 Å². The van der Waals surface area contributed by atoms with Gasteiger partial charge in [0.05, 0.1) is 49.7 Å². The van der Waals surface area contributed by atoms with Gasteiger partial charge >= 0.3 is 0 Å². The van der Waals surface area contributed by atoms with E-state index >= 15 is 0 Å². The van der Waals surface area contributed by atoms with Crippen molar-refractivity contribution in [2.24, 2.45) is 5.92 Å². The smallest absolute Gasteiger partial charge is 0.145 e. The number of hydrogen-bond donors (Lipinski definition) is 1. The first-order chi connectivity index (χ1) is 18.8. The van der Waals surface area contributed by atoms with Crippen molar-refractivity contribution in [3.63, 3.8) is 0 Å². The summed E-state index contributed by atoms with van der Waals surface area (Å²) < 4.78 is 14.0. The van der Waals surface area contributed by atoms with Crippen LogP contribution in [0.5, 0.6) is 5.75 Å². The summed E-state index contributed by atoms with van der Waals surface area (Å²) in [6.07, 6.45) is 5.90. The van der Waals surface area contributed by atoms with Crippen LogP contribution in [0.4, 0.5) is 0 Å². The first kappa shape index (κ1) is 24.6. The lowest BCUT2D eigenvalue weighted by molar-refractivity contribution is 0.0384. The molecule has 0 bridgehead atoms. The van der Waals surface area contributed by atoms with E-state index in [1.54, 1.807) is 0 Å². The van der Waals surface area contributed by atoms with Gasteiger partial charge in [-0.2, -0.15) is 5.26 Å². The van der Waals surface area contributed by atoms with Crippen molar-refractivity contribution in [1.82, 2.24) is 19.6 Å². The Kier molecular flexibility index (Phi) is 7.36. The number of ether oxygens (including phenoxy) is 2. The first-order valence-electron chi connectivity index (χ1n) is 13.5. The van der Waals surface area contributed by atoms with Gasteiger partial charge in [-0.3, -0.25) is 9.30 Å². The average Bonchev–Trinajstić information content (AvgIpc) is 3.68. The van der Waals surface area contributed by atoms with Gasteiger partial charge in [-0.15, -0.1) is 0 Å². The number of morpholine rings is 1. The number of pyridine rings is 1. The minimum atomic E-state index is 0.515. The van der Waals surface area contributed by atoms with Crippen LogP contribution in [0.3, 0.4) is 0 Å². The highest BCUT2D eigenvalue weighted by Crippen LogP contribution is 2.38. The van der Waals surface area contributed by atoms with Gasteiger partial charge in [0.1, 0.15) is 11.3 Å². The van der Waals surface area contributed by atoms with E-state index in [0.29, 0.717) is 18.1 Å². The van der Waals surface area contributed by atoms with E-state index in [9.17, 15) is 5.26 Å². The van der Waals surface area contributed by atoms with Gasteiger partial charge in [-0.1, -0.05) is 36.4 Å². The Labute approximate surface area is 223 Å². The van der Waals surface area contributed by atoms with Gasteiger partial charge in [-0.25, -0.2) is 4.98 Å². The van der Waals surface area contributed by atoms with Crippen molar-refractivity contribution >= 4 is 5.52 Å². The van der Waals surface area contributed by atoms with Gasteiger partial charge in [0.2, 0.25) is 0 Å². The van der Waals surface area contributed by atoms with Crippen LogP contribution in [0.1, 0.15) is 17.5 Å². The molecule has 38 heavy (non-hydrogen) atoms. The predicted molar refractivity (Wildman–Crippen MR) is 148 cm³/mol. The largest absolute Gasteiger partial charge is 0.491 e. The van der Waals surface area contributed by atoms with Crippen molar-refractivity contribution in [3.05, 3.63) is 78.2 Å². The maximum atomic E-state index is 9.32. The van der Waals surface area contributed by atoms with Crippen LogP contribution in [0.2, 0.25) is 0 Å². The van der Waals surface area contributed by atoms with Crippen molar-refractivity contribution < 1.29 is 9.47 Å². The van der Waals surface area contributed by atoms with Crippen LogP contribution in [0, 0.1) is 17.2 Å². The standard InChI is InChI=1S/C31H33N5O2/c32-18-24-3-5-26(6-4-24)28-17-30(38-21-25-9-11-33-19-25)29-20-34-22-36(29)31(28)27-7-1-23(2-8-27)10-12-35-13-15-37-16-14-35/h1-8,17,20,22,25,33H,9-16,19,21H2/t25-/m1/s1. The SMILES string of the molecule is N#Cc1ccc(-c2cc(OC[C@@H]3CCNC3)c3cncn3c2-c2ccc(CCN3CCOCC3)cc2)cc1. The van der Waals surface area contributed by atoms with Crippen LogP contribution >= 0.6 is 0 Å². The van der Waals surface area contributed by atoms with Crippen molar-refractivity contribution in [2.75, 3.05) is 52.5 Å². The summed E-state index contributed by atoms with van der Waals surface area (Å²) in [5.74, 6) is 1.35. The summed E-state index contributed by atoms with van der Waals surface area (Å²) in [7, 11) is 0. The van der Waals surface area contributed by atoms with Crippen molar-refractivity contribution in [1.29, 1.82) is 5.26 Å². The zero-order chi connectivity index (χ0) is 25.7. The number of rotatable bonds is 8. The zero-order valence-electron chi connectivity index (χ0n) is 21.6. The molecular weight excluding hydrogens is 474 g/mol. The fourth-order valence-corrected chi connectivity index (χ4v) is 5.42. The molecule has 194 valence electrons. The van der Waals surface area contributed by atoms with E-state index in [4.69, 9.17) is 9.47 Å². The third-order valence-electron chi connectivity index (χ3n) is 7.67. The summed E-state index contributed by atoms with van der Waals surface area (Å²) in [4.78, 5) is 6.97. The number of imidazole rings is 1. The third-order valence-corrected chi connectivity index (χ3v) is 7.67. The molecule has 2 aromatic carbocycles. The zero-order valence-corrected chi connectivity index (χ0v) is 21.6. The molecule has 2 aliphatic rings. The fourth-order valence-electron chi connectivity index (χ4n) is 5.42. The number of nitrogens with one attached hydrogen (secondary N) is 1. The Morgan fingerprint density at radius 3 is 2.58 bits per heavy atom. The molecule has 1 N–H and O–H groups in total. The van der Waals surface area contributed by atoms with Crippen LogP contribution in [0.15, 0.2) is 67.1 Å². The second-order valence-electron chi connectivity index (χ2n) is 10.2. The minimum Gasteiger partial charge on any atom is -0.491 e. The maximum Gasteiger partial charge on any atom is 0.145 e. The average molecular weight is 508 g/mol. The minimum absolute atomic E-state index is 0.515. The Morgan fingerprint density at radius 1 is 1.05 bits per heavy atom. The first-order valence-corrected chi connectivity index (χ1v) is 13.5. The lowest BCUT2D eigenvalue weighted by atomic mass is 9.96. The third kappa shape index (κ3) is 5.30. The summed E-state index contributed by atoms with van der Waals surface area (Å²) in [6, 6.07) is 21.0. The Hall–Kier alpha value is -3.70. The van der Waals surface area contributed by atoms with Crippen LogP contribution in [-0.4, -0.2) is 66.8 Å². The van der Waals surface area contributed by atoms with E-state index in [-0.39, 0.29) is 0 Å². The topological polar surface area (TPSA) is 74.8 Å². The highest BCUT2D eigenvalue weighted by molar-refractivity contribution is 5.86. The monoisotopic (exact) mass is 507 g/mol. The molecule has 4 aromatic rings. The molecule has 0 spiro atoms. The molecule has 1 atom stereocenters. The molecule has 2 aromatic heterocycles. The van der Waals surface area contributed by atoms with E-state index in [1.807, 2.05) is 36.8 Å². The molecule has 7 heteroatoms. The van der Waals surface area contributed by atoms with E-state index < -0.39 is 0 Å². The molecule has 2 aliphatic heterocycles. The van der Waals surface area contributed by atoms with Crippen molar-refractivity contribution in [3.8, 4) is 34.2 Å². The molecule has 2 saturated heterocycles. The molecule has 0 saturated carbocycles. The maximum absolute atomic E-state index is 9.32. The molecule has 0 radical (unpaired) electrons. The van der Waals surface area contributed by atoms with Gasteiger partial charge in [0.25, 0.3) is 0 Å². The molecule has 7 nitrogen and oxygen atoms in total. The quantitative estimate of drug-likeness (QED) is 0.381. The molecule has 0 unspecified atom stereocenters. The molecular formula is C31H33N5O2. The second-order valence-corrected chi connectivity index (χ2v) is 10.2. The highest BCUT2D eigenvalue weighted by Gasteiger charge is 2.20. The van der Waals surface area contributed by atoms with E-state index in [2.05, 4.69) is 56.0 Å². The molecule has 0 amide bonds. The summed E-state index contributed by atoms with van der Waals surface area (Å²) in [5.41, 5.74) is 7.21. The fraction of sp³-hybridized carbons (Fsp3) is 0.355. The Bertz CT molecular complexity index is 1410. The van der Waals surface area contributed by atoms with E-state index in [0.717, 1.165) is 92.4 Å². The van der Waals surface area contributed by atoms with Crippen molar-refractivity contribution in [2.45, 2.75) is 12.8 Å². The lowest BCUT2D eigenvalue weighted by Crippen LogP contribution is -2.37. The number of fused-ring (bicyclic) bond motifs is 1. The lowest BCUT2D eigenvalue weighted by Gasteiger charge is -2.26. The molecule has 2 fully saturated rings. The van der Waals surface area contributed by atoms with Crippen LogP contribution in [-0.2, 0) is 11.2 Å². The molecule has 6 rings (SSSR count). The van der Waals surface area contributed by atoms with Gasteiger partial charge < -0.3 is 14.8 Å². The summed E-state index contributed by atoms with van der Waals surface area (Å²) >= 11 is 0. The van der Waals surface area contributed by atoms with Crippen LogP contribution in [0.25, 0.3) is 27.9 Å². The number of hydrogen-bond acceptors (Lipinski definition) is 6. The summed E-state index contributed by atoms with van der Waals surface area (Å²) in [6.45, 7) is 7.45. The van der Waals surface area contributed by atoms with Gasteiger partial charge in [-0.05, 0) is 54.3 Å². The van der Waals surface area contributed by atoms with Gasteiger partial charge in [0.15, 0.2) is 0 Å². The number of nitrogens with zero attached hydrogens (tertiary/aromatic N) is 4. The highest BCUT2D eigenvalue weighted by atomic mass is 16.5. The Morgan fingerprint density at radius 2 is 1.84 bits per heavy atom. The summed E-state index contributed by atoms with van der Waals surface area (Å²) in [5, 5.41) is 12.7. The number of benzene rings is 2.